The molecule has 1 aliphatic heterocycles. The molecule has 1 aromatic rings. The number of thiazole rings is 1. The number of likely N-dealkylation sites (tertiary alicyclic amines) is 1. The second-order valence-corrected chi connectivity index (χ2v) is 5.68. The molecule has 1 aromatic heterocycles. The number of aryl methyl sites for hydroxylation is 1. The maximum Gasteiger partial charge on any atom is 0.0798 e. The first-order valence-corrected chi connectivity index (χ1v) is 6.84. The van der Waals surface area contributed by atoms with Crippen LogP contribution in [0.4, 0.5) is 0 Å². The van der Waals surface area contributed by atoms with Gasteiger partial charge in [0.25, 0.3) is 0 Å². The summed E-state index contributed by atoms with van der Waals surface area (Å²) in [7, 11) is 0. The minimum absolute atomic E-state index is 0.176. The molecule has 4 heteroatoms. The average molecular weight is 240 g/mol. The van der Waals surface area contributed by atoms with Crippen molar-refractivity contribution in [1.82, 2.24) is 9.88 Å². The minimum Gasteiger partial charge on any atom is -0.393 e. The summed E-state index contributed by atoms with van der Waals surface area (Å²) in [4.78, 5) is 8.09. The monoisotopic (exact) mass is 240 g/mol. The summed E-state index contributed by atoms with van der Waals surface area (Å²) >= 11 is 1.74. The number of hydrogen-bond donors (Lipinski definition) is 1. The third-order valence-corrected chi connectivity index (χ3v) is 4.36. The maximum atomic E-state index is 9.64. The summed E-state index contributed by atoms with van der Waals surface area (Å²) in [5.74, 6) is 0.446. The molecule has 2 atom stereocenters. The van der Waals surface area contributed by atoms with E-state index >= 15 is 0 Å². The van der Waals surface area contributed by atoms with Crippen LogP contribution in [0.25, 0.3) is 0 Å². The van der Waals surface area contributed by atoms with Crippen LogP contribution >= 0.6 is 11.3 Å². The van der Waals surface area contributed by atoms with Crippen LogP contribution in [0, 0.1) is 12.8 Å². The number of aliphatic hydroxyl groups excluding tert-OH is 1. The van der Waals surface area contributed by atoms with Gasteiger partial charge in [0.15, 0.2) is 0 Å². The summed E-state index contributed by atoms with van der Waals surface area (Å²) in [6.07, 6.45) is 2.19. The van der Waals surface area contributed by atoms with Gasteiger partial charge in [-0.1, -0.05) is 0 Å². The van der Waals surface area contributed by atoms with Crippen LogP contribution in [0.5, 0.6) is 0 Å². The number of piperidine rings is 1. The van der Waals surface area contributed by atoms with E-state index in [9.17, 15) is 5.11 Å². The lowest BCUT2D eigenvalue weighted by molar-refractivity contribution is 0.0602. The minimum atomic E-state index is -0.176. The van der Waals surface area contributed by atoms with E-state index in [1.165, 1.54) is 11.3 Å². The van der Waals surface area contributed by atoms with E-state index in [0.29, 0.717) is 5.92 Å². The van der Waals surface area contributed by atoms with Crippen molar-refractivity contribution in [2.75, 3.05) is 13.1 Å². The summed E-state index contributed by atoms with van der Waals surface area (Å²) in [6.45, 7) is 7.16. The van der Waals surface area contributed by atoms with Gasteiger partial charge in [0.2, 0.25) is 0 Å². The van der Waals surface area contributed by atoms with Crippen molar-refractivity contribution in [3.63, 3.8) is 0 Å². The van der Waals surface area contributed by atoms with Crippen LogP contribution in [-0.2, 0) is 6.54 Å². The van der Waals surface area contributed by atoms with Crippen molar-refractivity contribution >= 4 is 11.3 Å². The Morgan fingerprint density at radius 2 is 2.50 bits per heavy atom. The first-order valence-electron chi connectivity index (χ1n) is 5.96. The first kappa shape index (κ1) is 12.0. The van der Waals surface area contributed by atoms with Crippen molar-refractivity contribution in [3.05, 3.63) is 16.1 Å². The molecule has 2 heterocycles. The van der Waals surface area contributed by atoms with Crippen LogP contribution in [0.2, 0.25) is 0 Å². The Morgan fingerprint density at radius 3 is 3.12 bits per heavy atom. The Labute approximate surface area is 101 Å². The van der Waals surface area contributed by atoms with Gasteiger partial charge >= 0.3 is 0 Å². The van der Waals surface area contributed by atoms with E-state index in [-0.39, 0.29) is 6.10 Å². The lowest BCUT2D eigenvalue weighted by Gasteiger charge is -2.33. The van der Waals surface area contributed by atoms with Crippen molar-refractivity contribution in [1.29, 1.82) is 0 Å². The fourth-order valence-corrected chi connectivity index (χ4v) is 3.13. The Balaban J connectivity index is 1.93. The van der Waals surface area contributed by atoms with E-state index in [1.807, 2.05) is 12.4 Å². The number of aromatic nitrogens is 1. The second kappa shape index (κ2) is 5.25. The Kier molecular flexibility index (Phi) is 3.95. The molecule has 16 heavy (non-hydrogen) atoms. The standard InChI is InChI=1S/C12H20N2OS/c1-9-12(16-8-13-9)7-14-5-3-4-11(6-14)10(2)15/h8,10-11,15H,3-7H2,1-2H3/t10-,11-/m0/s1. The fraction of sp³-hybridized carbons (Fsp3) is 0.750. The number of rotatable bonds is 3. The molecular weight excluding hydrogens is 220 g/mol. The van der Waals surface area contributed by atoms with Crippen LogP contribution in [0.1, 0.15) is 30.3 Å². The third-order valence-electron chi connectivity index (χ3n) is 3.44. The van der Waals surface area contributed by atoms with Crippen LogP contribution in [-0.4, -0.2) is 34.2 Å². The number of hydrogen-bond acceptors (Lipinski definition) is 4. The van der Waals surface area contributed by atoms with Crippen molar-refractivity contribution in [2.45, 2.75) is 39.3 Å². The van der Waals surface area contributed by atoms with Gasteiger partial charge < -0.3 is 5.11 Å². The van der Waals surface area contributed by atoms with E-state index in [0.717, 1.165) is 31.7 Å². The van der Waals surface area contributed by atoms with Crippen molar-refractivity contribution in [3.8, 4) is 0 Å². The first-order chi connectivity index (χ1) is 7.66. The third kappa shape index (κ3) is 2.81. The van der Waals surface area contributed by atoms with E-state index in [2.05, 4.69) is 16.8 Å². The summed E-state index contributed by atoms with van der Waals surface area (Å²) in [6, 6.07) is 0. The van der Waals surface area contributed by atoms with Crippen LogP contribution in [0.15, 0.2) is 5.51 Å². The molecule has 0 radical (unpaired) electrons. The van der Waals surface area contributed by atoms with Gasteiger partial charge in [0.05, 0.1) is 17.3 Å². The molecule has 1 aliphatic rings. The van der Waals surface area contributed by atoms with Gasteiger partial charge in [-0.25, -0.2) is 4.98 Å². The smallest absolute Gasteiger partial charge is 0.0798 e. The van der Waals surface area contributed by atoms with Crippen LogP contribution in [0.3, 0.4) is 0 Å². The predicted octanol–water partition coefficient (Wildman–Crippen LogP) is 2.04. The lowest BCUT2D eigenvalue weighted by Crippen LogP contribution is -2.38. The topological polar surface area (TPSA) is 36.4 Å². The fourth-order valence-electron chi connectivity index (χ4n) is 2.31. The molecule has 0 spiro atoms. The Morgan fingerprint density at radius 1 is 1.69 bits per heavy atom. The Hall–Kier alpha value is -0.450. The molecule has 2 rings (SSSR count). The van der Waals surface area contributed by atoms with E-state index in [1.54, 1.807) is 11.3 Å². The molecule has 0 unspecified atom stereocenters. The van der Waals surface area contributed by atoms with Gasteiger partial charge in [0.1, 0.15) is 0 Å². The summed E-state index contributed by atoms with van der Waals surface area (Å²) < 4.78 is 0. The molecule has 0 aliphatic carbocycles. The zero-order valence-corrected chi connectivity index (χ0v) is 10.8. The molecule has 0 amide bonds. The zero-order chi connectivity index (χ0) is 11.5. The Bertz CT molecular complexity index is 338. The van der Waals surface area contributed by atoms with Gasteiger partial charge in [-0.2, -0.15) is 0 Å². The van der Waals surface area contributed by atoms with Crippen LogP contribution < -0.4 is 0 Å². The van der Waals surface area contributed by atoms with Gasteiger partial charge in [-0.3, -0.25) is 4.90 Å². The highest BCUT2D eigenvalue weighted by Gasteiger charge is 2.23. The largest absolute Gasteiger partial charge is 0.393 e. The average Bonchev–Trinajstić information content (AvgIpc) is 2.65. The molecular formula is C12H20N2OS. The molecule has 0 saturated carbocycles. The second-order valence-electron chi connectivity index (χ2n) is 4.74. The lowest BCUT2D eigenvalue weighted by atomic mass is 9.93. The predicted molar refractivity (Wildman–Crippen MR) is 66.5 cm³/mol. The normalized spacial score (nSPS) is 24.6. The summed E-state index contributed by atoms with van der Waals surface area (Å²) in [5, 5.41) is 9.64. The highest BCUT2D eigenvalue weighted by Crippen LogP contribution is 2.23. The molecule has 3 nitrogen and oxygen atoms in total. The molecule has 0 bridgehead atoms. The highest BCUT2D eigenvalue weighted by atomic mass is 32.1. The molecule has 0 aromatic carbocycles. The van der Waals surface area contributed by atoms with Gasteiger partial charge in [0, 0.05) is 18.0 Å². The van der Waals surface area contributed by atoms with E-state index < -0.39 is 0 Å². The zero-order valence-electron chi connectivity index (χ0n) is 10.0. The van der Waals surface area contributed by atoms with E-state index in [4.69, 9.17) is 0 Å². The van der Waals surface area contributed by atoms with Gasteiger partial charge in [-0.05, 0) is 39.2 Å². The molecule has 1 saturated heterocycles. The molecule has 1 fully saturated rings. The molecule has 90 valence electrons. The quantitative estimate of drug-likeness (QED) is 0.878. The van der Waals surface area contributed by atoms with Gasteiger partial charge in [-0.15, -0.1) is 11.3 Å². The number of nitrogens with zero attached hydrogens (tertiary/aromatic N) is 2. The number of aliphatic hydroxyl groups is 1. The maximum absolute atomic E-state index is 9.64. The van der Waals surface area contributed by atoms with Crippen molar-refractivity contribution < 1.29 is 5.11 Å². The highest BCUT2D eigenvalue weighted by molar-refractivity contribution is 7.09. The molecule has 1 N–H and O–H groups in total. The SMILES string of the molecule is Cc1ncsc1CN1CCC[C@H]([C@H](C)O)C1. The van der Waals surface area contributed by atoms with Crippen molar-refractivity contribution in [2.24, 2.45) is 5.92 Å². The summed E-state index contributed by atoms with van der Waals surface area (Å²) in [5.41, 5.74) is 3.07.